The fourth-order valence-corrected chi connectivity index (χ4v) is 1.72. The third kappa shape index (κ3) is 1.99. The van der Waals surface area contributed by atoms with Crippen molar-refractivity contribution in [2.24, 2.45) is 0 Å². The molecule has 5 nitrogen and oxygen atoms in total. The van der Waals surface area contributed by atoms with Crippen molar-refractivity contribution in [3.05, 3.63) is 29.0 Å². The second-order valence-corrected chi connectivity index (χ2v) is 3.79. The van der Waals surface area contributed by atoms with E-state index in [0.717, 1.165) is 5.56 Å². The highest BCUT2D eigenvalue weighted by Crippen LogP contribution is 2.19. The van der Waals surface area contributed by atoms with Crippen molar-refractivity contribution >= 4 is 17.3 Å². The van der Waals surface area contributed by atoms with E-state index < -0.39 is 5.97 Å². The zero-order chi connectivity index (χ0) is 10.8. The molecule has 2 aromatic heterocycles. The Morgan fingerprint density at radius 3 is 2.60 bits per heavy atom. The summed E-state index contributed by atoms with van der Waals surface area (Å²) in [5.74, 6) is -0.581. The van der Waals surface area contributed by atoms with Gasteiger partial charge in [0.2, 0.25) is 0 Å². The van der Waals surface area contributed by atoms with Crippen molar-refractivity contribution in [3.63, 3.8) is 0 Å². The lowest BCUT2D eigenvalue weighted by Crippen LogP contribution is -1.96. The largest absolute Gasteiger partial charge is 0.476 e. The van der Waals surface area contributed by atoms with Gasteiger partial charge in [-0.1, -0.05) is 0 Å². The molecule has 76 valence electrons. The Kier molecular flexibility index (Phi) is 2.42. The predicted octanol–water partition coefficient (Wildman–Crippen LogP) is 1.61. The number of aromatic carboxylic acids is 1. The topological polar surface area (TPSA) is 76.0 Å². The molecule has 2 aromatic rings. The molecule has 0 amide bonds. The normalized spacial score (nSPS) is 10.2. The predicted molar refractivity (Wildman–Crippen MR) is 54.8 cm³/mol. The third-order valence-corrected chi connectivity index (χ3v) is 2.53. The number of hydrogen-bond donors (Lipinski definition) is 1. The van der Waals surface area contributed by atoms with Gasteiger partial charge in [-0.2, -0.15) is 0 Å². The number of carbonyl (C=O) groups is 1. The maximum Gasteiger partial charge on any atom is 0.355 e. The lowest BCUT2D eigenvalue weighted by Gasteiger charge is -1.93. The van der Waals surface area contributed by atoms with E-state index in [1.165, 1.54) is 16.7 Å². The summed E-state index contributed by atoms with van der Waals surface area (Å²) >= 11 is 1.22. The van der Waals surface area contributed by atoms with Crippen LogP contribution in [0.4, 0.5) is 0 Å². The van der Waals surface area contributed by atoms with Crippen LogP contribution in [0, 0.1) is 6.92 Å². The van der Waals surface area contributed by atoms with E-state index in [1.807, 2.05) is 6.92 Å². The lowest BCUT2D eigenvalue weighted by molar-refractivity contribution is 0.0691. The van der Waals surface area contributed by atoms with Gasteiger partial charge in [0.25, 0.3) is 0 Å². The highest BCUT2D eigenvalue weighted by atomic mass is 32.1. The molecule has 2 heterocycles. The molecule has 0 atom stereocenters. The van der Waals surface area contributed by atoms with Crippen LogP contribution in [-0.4, -0.2) is 26.0 Å². The molecule has 0 bridgehead atoms. The fraction of sp³-hybridized carbons (Fsp3) is 0.111. The summed E-state index contributed by atoms with van der Waals surface area (Å²) in [4.78, 5) is 22.6. The Labute approximate surface area is 89.5 Å². The number of hydrogen-bond acceptors (Lipinski definition) is 5. The molecule has 6 heteroatoms. The first-order valence-electron chi connectivity index (χ1n) is 4.14. The minimum atomic E-state index is -1.04. The smallest absolute Gasteiger partial charge is 0.355 e. The van der Waals surface area contributed by atoms with Gasteiger partial charge in [0, 0.05) is 17.8 Å². The summed E-state index contributed by atoms with van der Waals surface area (Å²) in [7, 11) is 0. The Balaban J connectivity index is 2.37. The summed E-state index contributed by atoms with van der Waals surface area (Å²) in [5.41, 5.74) is 0.980. The van der Waals surface area contributed by atoms with Crippen molar-refractivity contribution in [1.29, 1.82) is 0 Å². The number of carboxylic acid groups (broad SMARTS) is 1. The SMILES string of the molecule is Cc1cnc(-c2nc(C(=O)O)cs2)nc1. The summed E-state index contributed by atoms with van der Waals surface area (Å²) in [5, 5.41) is 10.7. The highest BCUT2D eigenvalue weighted by Gasteiger charge is 2.11. The zero-order valence-corrected chi connectivity index (χ0v) is 8.65. The standard InChI is InChI=1S/C9H7N3O2S/c1-5-2-10-7(11-3-5)8-12-6(4-15-8)9(13)14/h2-4H,1H3,(H,13,14). The highest BCUT2D eigenvalue weighted by molar-refractivity contribution is 7.13. The molecular formula is C9H7N3O2S. The quantitative estimate of drug-likeness (QED) is 0.833. The average molecular weight is 221 g/mol. The van der Waals surface area contributed by atoms with Crippen molar-refractivity contribution in [1.82, 2.24) is 15.0 Å². The number of carboxylic acids is 1. The van der Waals surface area contributed by atoms with Crippen LogP contribution in [0.2, 0.25) is 0 Å². The van der Waals surface area contributed by atoms with E-state index in [4.69, 9.17) is 5.11 Å². The van der Waals surface area contributed by atoms with E-state index in [1.54, 1.807) is 12.4 Å². The van der Waals surface area contributed by atoms with Crippen LogP contribution in [0.3, 0.4) is 0 Å². The molecule has 0 fully saturated rings. The molecule has 2 rings (SSSR count). The molecule has 0 saturated carbocycles. The van der Waals surface area contributed by atoms with Gasteiger partial charge in [-0.05, 0) is 12.5 Å². The van der Waals surface area contributed by atoms with Crippen LogP contribution in [0.25, 0.3) is 10.8 Å². The molecule has 0 radical (unpaired) electrons. The van der Waals surface area contributed by atoms with Crippen LogP contribution in [0.5, 0.6) is 0 Å². The monoisotopic (exact) mass is 221 g/mol. The second-order valence-electron chi connectivity index (χ2n) is 2.93. The van der Waals surface area contributed by atoms with Crippen molar-refractivity contribution in [2.45, 2.75) is 6.92 Å². The molecular weight excluding hydrogens is 214 g/mol. The molecule has 0 aromatic carbocycles. The first kappa shape index (κ1) is 9.72. The molecule has 0 spiro atoms. The van der Waals surface area contributed by atoms with Crippen molar-refractivity contribution in [2.75, 3.05) is 0 Å². The summed E-state index contributed by atoms with van der Waals surface area (Å²) < 4.78 is 0. The number of thiazole rings is 1. The average Bonchev–Trinajstić information content (AvgIpc) is 2.68. The second kappa shape index (κ2) is 3.74. The Morgan fingerprint density at radius 1 is 1.40 bits per heavy atom. The van der Waals surface area contributed by atoms with Crippen LogP contribution in [0.15, 0.2) is 17.8 Å². The van der Waals surface area contributed by atoms with Gasteiger partial charge < -0.3 is 5.11 Å². The Morgan fingerprint density at radius 2 is 2.07 bits per heavy atom. The first-order chi connectivity index (χ1) is 7.16. The van der Waals surface area contributed by atoms with Gasteiger partial charge in [-0.15, -0.1) is 11.3 Å². The molecule has 0 unspecified atom stereocenters. The van der Waals surface area contributed by atoms with Gasteiger partial charge in [0.05, 0.1) is 0 Å². The van der Waals surface area contributed by atoms with Crippen molar-refractivity contribution in [3.8, 4) is 10.8 Å². The Bertz CT molecular complexity index is 492. The molecule has 0 aliphatic heterocycles. The minimum absolute atomic E-state index is 0.0270. The van der Waals surface area contributed by atoms with Gasteiger partial charge >= 0.3 is 5.97 Å². The van der Waals surface area contributed by atoms with Crippen LogP contribution in [-0.2, 0) is 0 Å². The van der Waals surface area contributed by atoms with Gasteiger partial charge in [0.1, 0.15) is 0 Å². The third-order valence-electron chi connectivity index (χ3n) is 1.70. The van der Waals surface area contributed by atoms with Crippen molar-refractivity contribution < 1.29 is 9.90 Å². The first-order valence-corrected chi connectivity index (χ1v) is 5.02. The van der Waals surface area contributed by atoms with Crippen LogP contribution >= 0.6 is 11.3 Å². The maximum atomic E-state index is 10.6. The minimum Gasteiger partial charge on any atom is -0.476 e. The number of nitrogens with zero attached hydrogens (tertiary/aromatic N) is 3. The Hall–Kier alpha value is -1.82. The summed E-state index contributed by atoms with van der Waals surface area (Å²) in [6.45, 7) is 1.88. The van der Waals surface area contributed by atoms with E-state index in [-0.39, 0.29) is 5.69 Å². The van der Waals surface area contributed by atoms with Gasteiger partial charge in [0.15, 0.2) is 16.5 Å². The molecule has 0 aliphatic rings. The number of rotatable bonds is 2. The van der Waals surface area contributed by atoms with Gasteiger partial charge in [-0.25, -0.2) is 19.7 Å². The van der Waals surface area contributed by atoms with E-state index in [2.05, 4.69) is 15.0 Å². The van der Waals surface area contributed by atoms with Crippen LogP contribution < -0.4 is 0 Å². The number of aromatic nitrogens is 3. The van der Waals surface area contributed by atoms with E-state index in [9.17, 15) is 4.79 Å². The van der Waals surface area contributed by atoms with Gasteiger partial charge in [-0.3, -0.25) is 0 Å². The number of aryl methyl sites for hydroxylation is 1. The molecule has 1 N–H and O–H groups in total. The zero-order valence-electron chi connectivity index (χ0n) is 7.84. The van der Waals surface area contributed by atoms with E-state index in [0.29, 0.717) is 10.8 Å². The lowest BCUT2D eigenvalue weighted by atomic mass is 10.4. The summed E-state index contributed by atoms with van der Waals surface area (Å²) in [6.07, 6.45) is 3.34. The van der Waals surface area contributed by atoms with E-state index >= 15 is 0 Å². The molecule has 0 saturated heterocycles. The molecule has 0 aliphatic carbocycles. The maximum absolute atomic E-state index is 10.6. The van der Waals surface area contributed by atoms with Crippen LogP contribution in [0.1, 0.15) is 16.1 Å². The summed E-state index contributed by atoms with van der Waals surface area (Å²) in [6, 6.07) is 0. The molecule has 15 heavy (non-hydrogen) atoms. The fourth-order valence-electron chi connectivity index (χ4n) is 0.978.